The van der Waals surface area contributed by atoms with Crippen LogP contribution in [-0.4, -0.2) is 16.1 Å². The molecule has 0 saturated heterocycles. The predicted molar refractivity (Wildman–Crippen MR) is 76.4 cm³/mol. The zero-order chi connectivity index (χ0) is 13.4. The quantitative estimate of drug-likeness (QED) is 0.900. The van der Waals surface area contributed by atoms with Crippen LogP contribution in [0.25, 0.3) is 10.6 Å². The highest BCUT2D eigenvalue weighted by atomic mass is 79.9. The number of halogens is 1. The van der Waals surface area contributed by atoms with Crippen LogP contribution in [0.1, 0.15) is 26.5 Å². The SMILES string of the molecule is Cc1cc(-c2nc(C(=O)O)c(C)s2)cc(C)c1Br. The van der Waals surface area contributed by atoms with E-state index in [1.165, 1.54) is 11.3 Å². The fraction of sp³-hybridized carbons (Fsp3) is 0.231. The van der Waals surface area contributed by atoms with Gasteiger partial charge in [0, 0.05) is 14.9 Å². The maximum atomic E-state index is 11.0. The third-order valence-electron chi connectivity index (χ3n) is 2.68. The van der Waals surface area contributed by atoms with Crippen LogP contribution in [0.2, 0.25) is 0 Å². The largest absolute Gasteiger partial charge is 0.476 e. The molecule has 0 spiro atoms. The summed E-state index contributed by atoms with van der Waals surface area (Å²) in [5.74, 6) is -0.972. The first-order valence-corrected chi connectivity index (χ1v) is 6.99. The second-order valence-corrected chi connectivity index (χ2v) is 6.15. The number of carboxylic acid groups (broad SMARTS) is 1. The molecule has 1 N–H and O–H groups in total. The van der Waals surface area contributed by atoms with Crippen LogP contribution >= 0.6 is 27.3 Å². The van der Waals surface area contributed by atoms with Gasteiger partial charge in [-0.3, -0.25) is 0 Å². The molecule has 0 unspecified atom stereocenters. The molecule has 18 heavy (non-hydrogen) atoms. The van der Waals surface area contributed by atoms with Crippen molar-refractivity contribution in [1.29, 1.82) is 0 Å². The lowest BCUT2D eigenvalue weighted by atomic mass is 10.1. The Bertz CT molecular complexity index is 611. The van der Waals surface area contributed by atoms with E-state index < -0.39 is 5.97 Å². The molecule has 1 aromatic heterocycles. The van der Waals surface area contributed by atoms with Gasteiger partial charge in [-0.25, -0.2) is 9.78 Å². The Labute approximate surface area is 118 Å². The monoisotopic (exact) mass is 325 g/mol. The first kappa shape index (κ1) is 13.2. The Morgan fingerprint density at radius 3 is 2.28 bits per heavy atom. The van der Waals surface area contributed by atoms with E-state index >= 15 is 0 Å². The Balaban J connectivity index is 2.56. The van der Waals surface area contributed by atoms with Crippen LogP contribution < -0.4 is 0 Å². The molecule has 3 nitrogen and oxygen atoms in total. The fourth-order valence-electron chi connectivity index (χ4n) is 1.79. The summed E-state index contributed by atoms with van der Waals surface area (Å²) in [6.07, 6.45) is 0. The third-order valence-corrected chi connectivity index (χ3v) is 4.95. The highest BCUT2D eigenvalue weighted by Crippen LogP contribution is 2.32. The molecule has 0 amide bonds. The van der Waals surface area contributed by atoms with Crippen molar-refractivity contribution in [3.63, 3.8) is 0 Å². The topological polar surface area (TPSA) is 50.2 Å². The Kier molecular flexibility index (Phi) is 3.54. The van der Waals surface area contributed by atoms with Crippen molar-refractivity contribution >= 4 is 33.2 Å². The summed E-state index contributed by atoms with van der Waals surface area (Å²) in [7, 11) is 0. The molecule has 0 radical (unpaired) electrons. The number of rotatable bonds is 2. The highest BCUT2D eigenvalue weighted by molar-refractivity contribution is 9.10. The van der Waals surface area contributed by atoms with Crippen molar-refractivity contribution in [3.8, 4) is 10.6 Å². The van der Waals surface area contributed by atoms with E-state index in [4.69, 9.17) is 5.11 Å². The van der Waals surface area contributed by atoms with Gasteiger partial charge in [-0.05, 0) is 44.0 Å². The van der Waals surface area contributed by atoms with E-state index in [1.807, 2.05) is 26.0 Å². The van der Waals surface area contributed by atoms with E-state index in [0.717, 1.165) is 31.0 Å². The lowest BCUT2D eigenvalue weighted by Crippen LogP contribution is -1.98. The summed E-state index contributed by atoms with van der Waals surface area (Å²) >= 11 is 4.93. The molecular formula is C13H12BrNO2S. The van der Waals surface area contributed by atoms with Gasteiger partial charge < -0.3 is 5.11 Å². The Hall–Kier alpha value is -1.20. The number of carboxylic acids is 1. The minimum Gasteiger partial charge on any atom is -0.476 e. The number of nitrogens with zero attached hydrogens (tertiary/aromatic N) is 1. The minimum absolute atomic E-state index is 0.147. The molecule has 1 aromatic carbocycles. The van der Waals surface area contributed by atoms with Gasteiger partial charge in [0.15, 0.2) is 5.69 Å². The van der Waals surface area contributed by atoms with Crippen LogP contribution in [-0.2, 0) is 0 Å². The number of aromatic nitrogens is 1. The van der Waals surface area contributed by atoms with E-state index in [-0.39, 0.29) is 5.69 Å². The maximum absolute atomic E-state index is 11.0. The highest BCUT2D eigenvalue weighted by Gasteiger charge is 2.15. The Morgan fingerprint density at radius 2 is 1.83 bits per heavy atom. The molecule has 0 aliphatic rings. The van der Waals surface area contributed by atoms with Crippen LogP contribution in [0.15, 0.2) is 16.6 Å². The first-order valence-electron chi connectivity index (χ1n) is 5.38. The zero-order valence-electron chi connectivity index (χ0n) is 10.2. The molecule has 0 bridgehead atoms. The van der Waals surface area contributed by atoms with Crippen LogP contribution in [0.5, 0.6) is 0 Å². The number of benzene rings is 1. The van der Waals surface area contributed by atoms with Crippen LogP contribution in [0.3, 0.4) is 0 Å². The third kappa shape index (κ3) is 2.33. The molecule has 0 aliphatic carbocycles. The number of thiazole rings is 1. The van der Waals surface area contributed by atoms with Crippen molar-refractivity contribution in [2.75, 3.05) is 0 Å². The molecule has 94 valence electrons. The van der Waals surface area contributed by atoms with Gasteiger partial charge in [-0.1, -0.05) is 15.9 Å². The van der Waals surface area contributed by atoms with E-state index in [2.05, 4.69) is 20.9 Å². The number of aryl methyl sites for hydroxylation is 3. The summed E-state index contributed by atoms with van der Waals surface area (Å²) in [5.41, 5.74) is 3.35. The smallest absolute Gasteiger partial charge is 0.355 e. The lowest BCUT2D eigenvalue weighted by Gasteiger charge is -2.05. The van der Waals surface area contributed by atoms with Gasteiger partial charge in [-0.2, -0.15) is 0 Å². The number of carbonyl (C=O) groups is 1. The zero-order valence-corrected chi connectivity index (χ0v) is 12.6. The average molecular weight is 326 g/mol. The second kappa shape index (κ2) is 4.82. The van der Waals surface area contributed by atoms with E-state index in [1.54, 1.807) is 6.92 Å². The molecule has 1 heterocycles. The van der Waals surface area contributed by atoms with Gasteiger partial charge in [-0.15, -0.1) is 11.3 Å². The fourth-order valence-corrected chi connectivity index (χ4v) is 2.91. The summed E-state index contributed by atoms with van der Waals surface area (Å²) in [6.45, 7) is 5.81. The first-order chi connectivity index (χ1) is 8.40. The molecule has 0 atom stereocenters. The van der Waals surface area contributed by atoms with Gasteiger partial charge >= 0.3 is 5.97 Å². The van der Waals surface area contributed by atoms with Crippen molar-refractivity contribution in [3.05, 3.63) is 38.3 Å². The summed E-state index contributed by atoms with van der Waals surface area (Å²) in [4.78, 5) is 15.9. The number of hydrogen-bond acceptors (Lipinski definition) is 3. The standard InChI is InChI=1S/C13H12BrNO2S/c1-6-4-9(5-7(2)10(6)14)12-15-11(13(16)17)8(3)18-12/h4-5H,1-3H3,(H,16,17). The van der Waals surface area contributed by atoms with E-state index in [0.29, 0.717) is 0 Å². The van der Waals surface area contributed by atoms with E-state index in [9.17, 15) is 4.79 Å². The van der Waals surface area contributed by atoms with Crippen molar-refractivity contribution < 1.29 is 9.90 Å². The van der Waals surface area contributed by atoms with Gasteiger partial charge in [0.05, 0.1) is 0 Å². The lowest BCUT2D eigenvalue weighted by molar-refractivity contribution is 0.0690. The molecule has 0 saturated carbocycles. The van der Waals surface area contributed by atoms with Crippen molar-refractivity contribution in [2.24, 2.45) is 0 Å². The van der Waals surface area contributed by atoms with Gasteiger partial charge in [0.2, 0.25) is 0 Å². The molecule has 2 aromatic rings. The number of aromatic carboxylic acids is 1. The predicted octanol–water partition coefficient (Wildman–Crippen LogP) is 4.20. The van der Waals surface area contributed by atoms with Crippen LogP contribution in [0.4, 0.5) is 0 Å². The summed E-state index contributed by atoms with van der Waals surface area (Å²) in [6, 6.07) is 4.03. The van der Waals surface area contributed by atoms with Crippen LogP contribution in [0, 0.1) is 20.8 Å². The molecule has 0 fully saturated rings. The molecule has 2 rings (SSSR count). The Morgan fingerprint density at radius 1 is 1.28 bits per heavy atom. The second-order valence-electron chi connectivity index (χ2n) is 4.15. The van der Waals surface area contributed by atoms with Gasteiger partial charge in [0.25, 0.3) is 0 Å². The average Bonchev–Trinajstić information content (AvgIpc) is 2.67. The normalized spacial score (nSPS) is 10.7. The number of hydrogen-bond donors (Lipinski definition) is 1. The molecule has 0 aliphatic heterocycles. The maximum Gasteiger partial charge on any atom is 0.355 e. The molecule has 5 heteroatoms. The summed E-state index contributed by atoms with van der Waals surface area (Å²) in [5, 5.41) is 9.77. The summed E-state index contributed by atoms with van der Waals surface area (Å²) < 4.78 is 1.08. The minimum atomic E-state index is -0.972. The molecular weight excluding hydrogens is 314 g/mol. The van der Waals surface area contributed by atoms with Crippen molar-refractivity contribution in [2.45, 2.75) is 20.8 Å². The van der Waals surface area contributed by atoms with Crippen molar-refractivity contribution in [1.82, 2.24) is 4.98 Å². The van der Waals surface area contributed by atoms with Gasteiger partial charge in [0.1, 0.15) is 5.01 Å².